The van der Waals surface area contributed by atoms with Crippen LogP contribution in [0.3, 0.4) is 0 Å². The zero-order chi connectivity index (χ0) is 15.5. The molecule has 22 heavy (non-hydrogen) atoms. The minimum absolute atomic E-state index is 0.0102. The van der Waals surface area contributed by atoms with Crippen LogP contribution in [0.15, 0.2) is 52.2 Å². The van der Waals surface area contributed by atoms with Crippen LogP contribution in [-0.4, -0.2) is 28.6 Å². The van der Waals surface area contributed by atoms with E-state index in [2.05, 4.69) is 36.3 Å². The summed E-state index contributed by atoms with van der Waals surface area (Å²) >= 11 is 1.50. The maximum absolute atomic E-state index is 12.3. The molecule has 114 valence electrons. The number of rotatable bonds is 4. The van der Waals surface area contributed by atoms with Crippen LogP contribution in [0.5, 0.6) is 0 Å². The fourth-order valence-corrected chi connectivity index (χ4v) is 2.93. The number of hydrogen-bond acceptors (Lipinski definition) is 4. The highest BCUT2D eigenvalue weighted by molar-refractivity contribution is 7.99. The predicted molar refractivity (Wildman–Crippen MR) is 89.0 cm³/mol. The SMILES string of the molecule is CSCC(=O)N1N=C(c2ccc(C)cc2)C[C@H]1c1ccco1. The van der Waals surface area contributed by atoms with Crippen LogP contribution in [0, 0.1) is 6.92 Å². The van der Waals surface area contributed by atoms with Gasteiger partial charge in [0.15, 0.2) is 0 Å². The third-order valence-electron chi connectivity index (χ3n) is 3.69. The third-order valence-corrected chi connectivity index (χ3v) is 4.23. The lowest BCUT2D eigenvalue weighted by molar-refractivity contribution is -0.130. The van der Waals surface area contributed by atoms with Crippen molar-refractivity contribution in [2.24, 2.45) is 5.10 Å². The molecule has 0 aliphatic carbocycles. The van der Waals surface area contributed by atoms with E-state index in [9.17, 15) is 4.79 Å². The highest BCUT2D eigenvalue weighted by atomic mass is 32.2. The maximum Gasteiger partial charge on any atom is 0.253 e. The molecule has 1 amide bonds. The monoisotopic (exact) mass is 314 g/mol. The quantitative estimate of drug-likeness (QED) is 0.865. The van der Waals surface area contributed by atoms with Crippen molar-refractivity contribution in [3.05, 3.63) is 59.5 Å². The third kappa shape index (κ3) is 2.95. The van der Waals surface area contributed by atoms with Crippen LogP contribution in [0.2, 0.25) is 0 Å². The predicted octanol–water partition coefficient (Wildman–Crippen LogP) is 3.63. The van der Waals surface area contributed by atoms with Gasteiger partial charge in [0, 0.05) is 6.42 Å². The molecule has 0 saturated heterocycles. The lowest BCUT2D eigenvalue weighted by atomic mass is 10.0. The van der Waals surface area contributed by atoms with Gasteiger partial charge in [0.05, 0.1) is 17.7 Å². The van der Waals surface area contributed by atoms with Crippen molar-refractivity contribution >= 4 is 23.4 Å². The van der Waals surface area contributed by atoms with Crippen LogP contribution < -0.4 is 0 Å². The van der Waals surface area contributed by atoms with Crippen molar-refractivity contribution in [1.29, 1.82) is 0 Å². The molecule has 0 unspecified atom stereocenters. The largest absolute Gasteiger partial charge is 0.467 e. The molecule has 0 spiro atoms. The lowest BCUT2D eigenvalue weighted by Gasteiger charge is -2.19. The fraction of sp³-hybridized carbons (Fsp3) is 0.294. The summed E-state index contributed by atoms with van der Waals surface area (Å²) in [6.45, 7) is 2.06. The van der Waals surface area contributed by atoms with Gasteiger partial charge in [-0.15, -0.1) is 0 Å². The summed E-state index contributed by atoms with van der Waals surface area (Å²) in [7, 11) is 0. The van der Waals surface area contributed by atoms with Gasteiger partial charge < -0.3 is 4.42 Å². The van der Waals surface area contributed by atoms with Gasteiger partial charge in [-0.2, -0.15) is 16.9 Å². The molecule has 2 aromatic rings. The Morgan fingerprint density at radius 2 is 2.14 bits per heavy atom. The zero-order valence-corrected chi connectivity index (χ0v) is 13.5. The molecule has 0 N–H and O–H groups in total. The van der Waals surface area contributed by atoms with E-state index in [1.165, 1.54) is 17.3 Å². The number of hydrogen-bond donors (Lipinski definition) is 0. The summed E-state index contributed by atoms with van der Waals surface area (Å²) in [6, 6.07) is 11.8. The summed E-state index contributed by atoms with van der Waals surface area (Å²) in [5.41, 5.74) is 3.19. The Hall–Kier alpha value is -2.01. The summed E-state index contributed by atoms with van der Waals surface area (Å²) in [6.07, 6.45) is 4.23. The van der Waals surface area contributed by atoms with Gasteiger partial charge in [-0.3, -0.25) is 4.79 Å². The van der Waals surface area contributed by atoms with Crippen molar-refractivity contribution in [3.63, 3.8) is 0 Å². The Morgan fingerprint density at radius 3 is 2.77 bits per heavy atom. The number of aryl methyl sites for hydroxylation is 1. The summed E-state index contributed by atoms with van der Waals surface area (Å²) in [5.74, 6) is 1.21. The van der Waals surface area contributed by atoms with Crippen molar-refractivity contribution in [2.45, 2.75) is 19.4 Å². The highest BCUT2D eigenvalue weighted by Gasteiger charge is 2.34. The van der Waals surface area contributed by atoms with E-state index in [1.807, 2.05) is 18.4 Å². The molecule has 0 fully saturated rings. The van der Waals surface area contributed by atoms with Crippen molar-refractivity contribution in [1.82, 2.24) is 5.01 Å². The normalized spacial score (nSPS) is 17.6. The Kier molecular flexibility index (Phi) is 4.34. The van der Waals surface area contributed by atoms with Crippen molar-refractivity contribution < 1.29 is 9.21 Å². The molecule has 0 bridgehead atoms. The number of carbonyl (C=O) groups excluding carboxylic acids is 1. The molecule has 5 heteroatoms. The fourth-order valence-electron chi connectivity index (χ4n) is 2.55. The standard InChI is InChI=1S/C17H18N2O2S/c1-12-5-7-13(8-6-12)14-10-15(16-4-3-9-21-16)19(18-14)17(20)11-22-2/h3-9,15H,10-11H2,1-2H3/t15-/m0/s1. The molecule has 0 radical (unpaired) electrons. The molecule has 2 heterocycles. The smallest absolute Gasteiger partial charge is 0.253 e. The Bertz CT molecular complexity index is 677. The van der Waals surface area contributed by atoms with Crippen LogP contribution in [0.4, 0.5) is 0 Å². The van der Waals surface area contributed by atoms with Crippen molar-refractivity contribution in [3.8, 4) is 0 Å². The second-order valence-corrected chi connectivity index (χ2v) is 6.19. The number of benzene rings is 1. The zero-order valence-electron chi connectivity index (χ0n) is 12.7. The number of nitrogens with zero attached hydrogens (tertiary/aromatic N) is 2. The minimum Gasteiger partial charge on any atom is -0.467 e. The minimum atomic E-state index is -0.147. The molecule has 1 aliphatic rings. The summed E-state index contributed by atoms with van der Waals surface area (Å²) in [5, 5.41) is 6.14. The van der Waals surface area contributed by atoms with E-state index >= 15 is 0 Å². The van der Waals surface area contributed by atoms with E-state index in [0.29, 0.717) is 12.2 Å². The van der Waals surface area contributed by atoms with Gasteiger partial charge in [0.25, 0.3) is 5.91 Å². The van der Waals surface area contributed by atoms with Crippen LogP contribution in [0.25, 0.3) is 0 Å². The first-order chi connectivity index (χ1) is 10.7. The van der Waals surface area contributed by atoms with Gasteiger partial charge in [0.1, 0.15) is 11.8 Å². The van der Waals surface area contributed by atoms with Gasteiger partial charge in [0.2, 0.25) is 0 Å². The van der Waals surface area contributed by atoms with E-state index in [4.69, 9.17) is 4.42 Å². The first-order valence-corrected chi connectivity index (χ1v) is 8.57. The van der Waals surface area contributed by atoms with Gasteiger partial charge in [-0.1, -0.05) is 29.8 Å². The lowest BCUT2D eigenvalue weighted by Crippen LogP contribution is -2.28. The maximum atomic E-state index is 12.3. The number of amides is 1. The Balaban J connectivity index is 1.91. The van der Waals surface area contributed by atoms with Crippen molar-refractivity contribution in [2.75, 3.05) is 12.0 Å². The number of furan rings is 1. The van der Waals surface area contributed by atoms with E-state index in [-0.39, 0.29) is 11.9 Å². The van der Waals surface area contributed by atoms with Crippen LogP contribution in [0.1, 0.15) is 29.3 Å². The molecular formula is C17H18N2O2S. The number of carbonyl (C=O) groups is 1. The molecule has 3 rings (SSSR count). The molecule has 1 atom stereocenters. The highest BCUT2D eigenvalue weighted by Crippen LogP contribution is 2.33. The second kappa shape index (κ2) is 6.40. The summed E-state index contributed by atoms with van der Waals surface area (Å²) < 4.78 is 5.51. The molecule has 0 saturated carbocycles. The van der Waals surface area contributed by atoms with Crippen LogP contribution in [-0.2, 0) is 4.79 Å². The summed E-state index contributed by atoms with van der Waals surface area (Å²) in [4.78, 5) is 12.3. The Morgan fingerprint density at radius 1 is 1.36 bits per heavy atom. The average molecular weight is 314 g/mol. The molecular weight excluding hydrogens is 296 g/mol. The molecule has 1 aliphatic heterocycles. The van der Waals surface area contributed by atoms with E-state index in [1.54, 1.807) is 11.3 Å². The number of hydrazone groups is 1. The van der Waals surface area contributed by atoms with Gasteiger partial charge in [-0.25, -0.2) is 5.01 Å². The van der Waals surface area contributed by atoms with Gasteiger partial charge in [-0.05, 0) is 30.9 Å². The molecule has 1 aromatic carbocycles. The number of thioether (sulfide) groups is 1. The molecule has 4 nitrogen and oxygen atoms in total. The van der Waals surface area contributed by atoms with Crippen LogP contribution >= 0.6 is 11.8 Å². The van der Waals surface area contributed by atoms with Gasteiger partial charge >= 0.3 is 0 Å². The first kappa shape index (κ1) is 14.9. The average Bonchev–Trinajstić information content (AvgIpc) is 3.17. The second-order valence-electron chi connectivity index (χ2n) is 5.32. The van der Waals surface area contributed by atoms with E-state index < -0.39 is 0 Å². The topological polar surface area (TPSA) is 45.8 Å². The first-order valence-electron chi connectivity index (χ1n) is 7.18. The molecule has 1 aromatic heterocycles. The van der Waals surface area contributed by atoms with E-state index in [0.717, 1.165) is 17.0 Å². The Labute approximate surface area is 134 Å².